The van der Waals surface area contributed by atoms with Crippen LogP contribution in [0.3, 0.4) is 0 Å². The standard InChI is InChI=1S/C26H23N3O3S2/c1-17(2)33-26-28-24(23(16-27)22-10-6-8-19-7-4-5-9-21(19)22)15-25(29-26)32-34(30,31)20-13-11-18(3)12-14-20/h4-15,17,23H,1-3H3. The molecule has 0 spiro atoms. The monoisotopic (exact) mass is 489 g/mol. The van der Waals surface area contributed by atoms with Gasteiger partial charge in [-0.15, -0.1) is 0 Å². The topological polar surface area (TPSA) is 92.9 Å². The van der Waals surface area contributed by atoms with Gasteiger partial charge in [0.1, 0.15) is 10.8 Å². The minimum Gasteiger partial charge on any atom is -0.358 e. The predicted molar refractivity (Wildman–Crippen MR) is 133 cm³/mol. The van der Waals surface area contributed by atoms with E-state index >= 15 is 0 Å². The molecule has 0 aliphatic carbocycles. The number of benzene rings is 3. The van der Waals surface area contributed by atoms with Crippen molar-refractivity contribution < 1.29 is 12.6 Å². The van der Waals surface area contributed by atoms with E-state index in [0.717, 1.165) is 21.9 Å². The molecule has 1 aromatic heterocycles. The number of aromatic nitrogens is 2. The van der Waals surface area contributed by atoms with Gasteiger partial charge >= 0.3 is 10.1 Å². The number of fused-ring (bicyclic) bond motifs is 1. The van der Waals surface area contributed by atoms with Crippen LogP contribution in [-0.4, -0.2) is 23.6 Å². The molecule has 172 valence electrons. The van der Waals surface area contributed by atoms with E-state index in [-0.39, 0.29) is 16.0 Å². The zero-order chi connectivity index (χ0) is 24.3. The Morgan fingerprint density at radius 3 is 2.38 bits per heavy atom. The van der Waals surface area contributed by atoms with E-state index < -0.39 is 16.0 Å². The zero-order valence-electron chi connectivity index (χ0n) is 19.0. The molecule has 4 aromatic rings. The number of hydrogen-bond donors (Lipinski definition) is 0. The van der Waals surface area contributed by atoms with Crippen LogP contribution in [0.1, 0.15) is 36.6 Å². The summed E-state index contributed by atoms with van der Waals surface area (Å²) < 4.78 is 31.2. The Bertz CT molecular complexity index is 1470. The number of nitriles is 1. The van der Waals surface area contributed by atoms with Crippen molar-refractivity contribution in [1.29, 1.82) is 5.26 Å². The van der Waals surface area contributed by atoms with Crippen LogP contribution in [0.4, 0.5) is 0 Å². The quantitative estimate of drug-likeness (QED) is 0.182. The van der Waals surface area contributed by atoms with Gasteiger partial charge in [0.25, 0.3) is 0 Å². The fraction of sp³-hybridized carbons (Fsp3) is 0.192. The van der Waals surface area contributed by atoms with Crippen molar-refractivity contribution in [2.24, 2.45) is 0 Å². The van der Waals surface area contributed by atoms with Crippen LogP contribution in [0, 0.1) is 18.3 Å². The first kappa shape index (κ1) is 23.7. The molecule has 0 N–H and O–H groups in total. The summed E-state index contributed by atoms with van der Waals surface area (Å²) in [7, 11) is -4.11. The Morgan fingerprint density at radius 2 is 1.68 bits per heavy atom. The molecule has 8 heteroatoms. The van der Waals surface area contributed by atoms with Crippen LogP contribution in [-0.2, 0) is 10.1 Å². The highest BCUT2D eigenvalue weighted by Crippen LogP contribution is 2.33. The molecule has 0 saturated heterocycles. The van der Waals surface area contributed by atoms with Gasteiger partial charge in [0.05, 0.1) is 11.8 Å². The minimum atomic E-state index is -4.11. The molecule has 0 saturated carbocycles. The second kappa shape index (κ2) is 9.84. The summed E-state index contributed by atoms with van der Waals surface area (Å²) in [6.45, 7) is 5.84. The van der Waals surface area contributed by atoms with Crippen LogP contribution < -0.4 is 4.18 Å². The van der Waals surface area contributed by atoms with Gasteiger partial charge in [0, 0.05) is 11.3 Å². The highest BCUT2D eigenvalue weighted by Gasteiger charge is 2.23. The third kappa shape index (κ3) is 5.22. The minimum absolute atomic E-state index is 0.0298. The maximum absolute atomic E-state index is 12.9. The lowest BCUT2D eigenvalue weighted by molar-refractivity contribution is 0.470. The van der Waals surface area contributed by atoms with E-state index in [4.69, 9.17) is 4.18 Å². The van der Waals surface area contributed by atoms with Gasteiger partial charge in [-0.2, -0.15) is 18.7 Å². The Kier molecular flexibility index (Phi) is 6.87. The molecule has 0 radical (unpaired) electrons. The molecular weight excluding hydrogens is 466 g/mol. The van der Waals surface area contributed by atoms with Crippen molar-refractivity contribution in [2.45, 2.75) is 42.0 Å². The van der Waals surface area contributed by atoms with E-state index in [1.54, 1.807) is 12.1 Å². The molecule has 1 unspecified atom stereocenters. The number of aryl methyl sites for hydroxylation is 1. The average Bonchev–Trinajstić information content (AvgIpc) is 2.79. The third-order valence-corrected chi connectivity index (χ3v) is 7.21. The molecule has 4 rings (SSSR count). The summed E-state index contributed by atoms with van der Waals surface area (Å²) in [6, 6.07) is 23.7. The Hall–Kier alpha value is -3.41. The van der Waals surface area contributed by atoms with Crippen LogP contribution in [0.25, 0.3) is 10.8 Å². The normalized spacial score (nSPS) is 12.4. The summed E-state index contributed by atoms with van der Waals surface area (Å²) in [5.74, 6) is -0.848. The lowest BCUT2D eigenvalue weighted by Gasteiger charge is -2.15. The molecule has 6 nitrogen and oxygen atoms in total. The lowest BCUT2D eigenvalue weighted by atomic mass is 9.92. The van der Waals surface area contributed by atoms with Crippen molar-refractivity contribution in [2.75, 3.05) is 0 Å². The Balaban J connectivity index is 1.80. The Morgan fingerprint density at radius 1 is 0.971 bits per heavy atom. The largest absolute Gasteiger partial charge is 0.358 e. The fourth-order valence-electron chi connectivity index (χ4n) is 3.54. The van der Waals surface area contributed by atoms with E-state index in [0.29, 0.717) is 10.9 Å². The predicted octanol–water partition coefficient (Wildman–Crippen LogP) is 5.86. The summed E-state index contributed by atoms with van der Waals surface area (Å²) in [5, 5.41) is 12.6. The second-order valence-corrected chi connectivity index (χ2v) is 11.2. The zero-order valence-corrected chi connectivity index (χ0v) is 20.6. The highest BCUT2D eigenvalue weighted by atomic mass is 32.2. The molecule has 0 bridgehead atoms. The van der Waals surface area contributed by atoms with Gasteiger partial charge in [0.15, 0.2) is 5.16 Å². The smallest absolute Gasteiger partial charge is 0.340 e. The van der Waals surface area contributed by atoms with Gasteiger partial charge in [-0.3, -0.25) is 0 Å². The summed E-state index contributed by atoms with van der Waals surface area (Å²) in [6.07, 6.45) is 0. The lowest BCUT2D eigenvalue weighted by Crippen LogP contribution is -2.13. The van der Waals surface area contributed by atoms with Crippen LogP contribution in [0.5, 0.6) is 5.88 Å². The molecular formula is C26H23N3O3S2. The third-order valence-electron chi connectivity index (χ3n) is 5.11. The van der Waals surface area contributed by atoms with Crippen molar-refractivity contribution >= 4 is 32.7 Å². The molecule has 1 heterocycles. The molecule has 0 aliphatic rings. The van der Waals surface area contributed by atoms with E-state index in [1.807, 2.05) is 63.2 Å². The molecule has 0 amide bonds. The van der Waals surface area contributed by atoms with Gasteiger partial charge in [-0.05, 0) is 35.4 Å². The molecule has 1 atom stereocenters. The SMILES string of the molecule is Cc1ccc(S(=O)(=O)Oc2cc(C(C#N)c3cccc4ccccc34)nc(SC(C)C)n2)cc1. The summed E-state index contributed by atoms with van der Waals surface area (Å²) >= 11 is 1.37. The molecule has 0 fully saturated rings. The molecule has 34 heavy (non-hydrogen) atoms. The first-order valence-corrected chi connectivity index (χ1v) is 13.0. The Labute approximate surface area is 203 Å². The van der Waals surface area contributed by atoms with Gasteiger partial charge in [0.2, 0.25) is 5.88 Å². The maximum atomic E-state index is 12.9. The number of rotatable bonds is 7. The van der Waals surface area contributed by atoms with Gasteiger partial charge < -0.3 is 4.18 Å². The van der Waals surface area contributed by atoms with Crippen LogP contribution in [0.2, 0.25) is 0 Å². The molecule has 3 aromatic carbocycles. The van der Waals surface area contributed by atoms with E-state index in [1.165, 1.54) is 30.0 Å². The number of hydrogen-bond acceptors (Lipinski definition) is 7. The van der Waals surface area contributed by atoms with Crippen molar-refractivity contribution in [3.8, 4) is 11.9 Å². The first-order valence-electron chi connectivity index (χ1n) is 10.7. The maximum Gasteiger partial charge on any atom is 0.340 e. The first-order chi connectivity index (χ1) is 16.3. The summed E-state index contributed by atoms with van der Waals surface area (Å²) in [5.41, 5.74) is 2.10. The molecule has 0 aliphatic heterocycles. The van der Waals surface area contributed by atoms with Crippen molar-refractivity contribution in [3.63, 3.8) is 0 Å². The fourth-order valence-corrected chi connectivity index (χ4v) is 5.14. The van der Waals surface area contributed by atoms with Crippen LogP contribution >= 0.6 is 11.8 Å². The van der Waals surface area contributed by atoms with Crippen molar-refractivity contribution in [3.05, 3.63) is 89.6 Å². The van der Waals surface area contributed by atoms with E-state index in [2.05, 4.69) is 16.0 Å². The van der Waals surface area contributed by atoms with E-state index in [9.17, 15) is 13.7 Å². The van der Waals surface area contributed by atoms with Crippen LogP contribution in [0.15, 0.2) is 82.8 Å². The summed E-state index contributed by atoms with van der Waals surface area (Å²) in [4.78, 5) is 8.94. The number of nitrogens with zero attached hydrogens (tertiary/aromatic N) is 3. The average molecular weight is 490 g/mol. The second-order valence-electron chi connectivity index (χ2n) is 8.06. The van der Waals surface area contributed by atoms with Gasteiger partial charge in [-0.25, -0.2) is 4.98 Å². The van der Waals surface area contributed by atoms with Crippen molar-refractivity contribution in [1.82, 2.24) is 9.97 Å². The van der Waals surface area contributed by atoms with Gasteiger partial charge in [-0.1, -0.05) is 85.8 Å². The number of thioether (sulfide) groups is 1. The highest BCUT2D eigenvalue weighted by molar-refractivity contribution is 7.99.